The molecule has 0 bridgehead atoms. The molecule has 0 aromatic rings. The third-order valence-electron chi connectivity index (χ3n) is 2.86. The van der Waals surface area contributed by atoms with Crippen LogP contribution in [0.3, 0.4) is 0 Å². The van der Waals surface area contributed by atoms with Gasteiger partial charge in [-0.15, -0.1) is 0 Å². The molecule has 0 aliphatic rings. The molecule has 0 aromatic heterocycles. The van der Waals surface area contributed by atoms with E-state index in [2.05, 4.69) is 11.4 Å². The normalized spacial score (nSPS) is 13.8. The molecule has 0 heterocycles. The Bertz CT molecular complexity index is 310. The summed E-state index contributed by atoms with van der Waals surface area (Å²) < 4.78 is 26.5. The Balaban J connectivity index is 3.94. The molecule has 0 unspecified atom stereocenters. The lowest BCUT2D eigenvalue weighted by atomic mass is 10.0. The van der Waals surface area contributed by atoms with Crippen LogP contribution in [0.4, 0.5) is 0 Å². The number of hydrogen-bond donors (Lipinski definition) is 2. The van der Waals surface area contributed by atoms with Crippen LogP contribution in [0, 0.1) is 0 Å². The van der Waals surface area contributed by atoms with Gasteiger partial charge in [0.1, 0.15) is 0 Å². The second kappa shape index (κ2) is 8.47. The third kappa shape index (κ3) is 11.8. The van der Waals surface area contributed by atoms with Gasteiger partial charge in [-0.2, -0.15) is 0 Å². The first-order chi connectivity index (χ1) is 8.97. The minimum absolute atomic E-state index is 0.0347. The SMILES string of the molecule is CCCOC(C)(C)CCOC(C)(C)CCOP(=O)(O)O. The van der Waals surface area contributed by atoms with Crippen LogP contribution in [0.2, 0.25) is 0 Å². The molecule has 0 saturated carbocycles. The highest BCUT2D eigenvalue weighted by atomic mass is 31.2. The highest BCUT2D eigenvalue weighted by Gasteiger charge is 2.24. The van der Waals surface area contributed by atoms with Crippen molar-refractivity contribution in [2.45, 2.75) is 65.1 Å². The zero-order valence-electron chi connectivity index (χ0n) is 13.2. The summed E-state index contributed by atoms with van der Waals surface area (Å²) in [6.45, 7) is 11.1. The van der Waals surface area contributed by atoms with Gasteiger partial charge < -0.3 is 19.3 Å². The lowest BCUT2D eigenvalue weighted by Crippen LogP contribution is -2.31. The molecule has 6 nitrogen and oxygen atoms in total. The van der Waals surface area contributed by atoms with Crippen molar-refractivity contribution in [2.75, 3.05) is 19.8 Å². The van der Waals surface area contributed by atoms with Crippen LogP contribution < -0.4 is 0 Å². The molecule has 0 saturated heterocycles. The summed E-state index contributed by atoms with van der Waals surface area (Å²) in [7, 11) is -4.39. The average molecular weight is 312 g/mol. The number of phosphoric ester groups is 1. The van der Waals surface area contributed by atoms with Crippen molar-refractivity contribution in [1.82, 2.24) is 0 Å². The van der Waals surface area contributed by atoms with Gasteiger partial charge in [0.15, 0.2) is 0 Å². The highest BCUT2D eigenvalue weighted by molar-refractivity contribution is 7.46. The van der Waals surface area contributed by atoms with Crippen molar-refractivity contribution in [3.8, 4) is 0 Å². The molecule has 0 rings (SSSR count). The van der Waals surface area contributed by atoms with Gasteiger partial charge in [-0.1, -0.05) is 6.92 Å². The molecule has 0 radical (unpaired) electrons. The summed E-state index contributed by atoms with van der Waals surface area (Å²) in [5, 5.41) is 0. The van der Waals surface area contributed by atoms with Gasteiger partial charge in [-0.25, -0.2) is 4.57 Å². The van der Waals surface area contributed by atoms with E-state index in [0.29, 0.717) is 13.0 Å². The summed E-state index contributed by atoms with van der Waals surface area (Å²) in [6.07, 6.45) is 2.15. The average Bonchev–Trinajstić information content (AvgIpc) is 2.23. The maximum Gasteiger partial charge on any atom is 0.469 e. The number of hydrogen-bond acceptors (Lipinski definition) is 4. The Morgan fingerprint density at radius 3 is 1.80 bits per heavy atom. The first kappa shape index (κ1) is 20.0. The third-order valence-corrected chi connectivity index (χ3v) is 3.38. The summed E-state index contributed by atoms with van der Waals surface area (Å²) >= 11 is 0. The van der Waals surface area contributed by atoms with Crippen LogP contribution in [0.5, 0.6) is 0 Å². The van der Waals surface area contributed by atoms with E-state index in [1.54, 1.807) is 0 Å². The summed E-state index contributed by atoms with van der Waals surface area (Å²) in [4.78, 5) is 17.2. The minimum Gasteiger partial charge on any atom is -0.375 e. The Morgan fingerprint density at radius 2 is 1.35 bits per heavy atom. The summed E-state index contributed by atoms with van der Waals surface area (Å²) in [5.41, 5.74) is -0.718. The van der Waals surface area contributed by atoms with Crippen molar-refractivity contribution in [3.63, 3.8) is 0 Å². The van der Waals surface area contributed by atoms with Crippen molar-refractivity contribution >= 4 is 7.82 Å². The van der Waals surface area contributed by atoms with Crippen LogP contribution in [0.25, 0.3) is 0 Å². The molecule has 0 atom stereocenters. The van der Waals surface area contributed by atoms with Gasteiger partial charge in [0.2, 0.25) is 0 Å². The maximum atomic E-state index is 10.6. The lowest BCUT2D eigenvalue weighted by molar-refractivity contribution is -0.0771. The monoisotopic (exact) mass is 312 g/mol. The summed E-state index contributed by atoms with van der Waals surface area (Å²) in [6, 6.07) is 0. The molecule has 122 valence electrons. The fourth-order valence-electron chi connectivity index (χ4n) is 1.51. The van der Waals surface area contributed by atoms with E-state index in [9.17, 15) is 4.57 Å². The maximum absolute atomic E-state index is 10.6. The Morgan fingerprint density at radius 1 is 0.900 bits per heavy atom. The van der Waals surface area contributed by atoms with Crippen LogP contribution in [0.15, 0.2) is 0 Å². The molecule has 0 fully saturated rings. The van der Waals surface area contributed by atoms with Crippen molar-refractivity contribution < 1.29 is 28.3 Å². The van der Waals surface area contributed by atoms with Gasteiger partial charge >= 0.3 is 7.82 Å². The van der Waals surface area contributed by atoms with Crippen LogP contribution >= 0.6 is 7.82 Å². The largest absolute Gasteiger partial charge is 0.469 e. The summed E-state index contributed by atoms with van der Waals surface area (Å²) in [5.74, 6) is 0. The van der Waals surface area contributed by atoms with E-state index in [4.69, 9.17) is 19.3 Å². The van der Waals surface area contributed by atoms with Gasteiger partial charge in [-0.3, -0.25) is 4.52 Å². The topological polar surface area (TPSA) is 85.2 Å². The van der Waals surface area contributed by atoms with Gasteiger partial charge in [-0.05, 0) is 47.0 Å². The first-order valence-corrected chi connectivity index (χ1v) is 8.48. The fourth-order valence-corrected chi connectivity index (χ4v) is 1.84. The molecular formula is C13H29O6P. The first-order valence-electron chi connectivity index (χ1n) is 6.95. The van der Waals surface area contributed by atoms with Gasteiger partial charge in [0.05, 0.1) is 24.4 Å². The van der Waals surface area contributed by atoms with E-state index in [1.807, 2.05) is 27.7 Å². The quantitative estimate of drug-likeness (QED) is 0.571. The smallest absolute Gasteiger partial charge is 0.375 e. The molecule has 20 heavy (non-hydrogen) atoms. The highest BCUT2D eigenvalue weighted by Crippen LogP contribution is 2.36. The zero-order chi connectivity index (χ0) is 15.9. The molecule has 0 aliphatic carbocycles. The zero-order valence-corrected chi connectivity index (χ0v) is 14.1. The molecular weight excluding hydrogens is 283 g/mol. The van der Waals surface area contributed by atoms with E-state index >= 15 is 0 Å². The van der Waals surface area contributed by atoms with Gasteiger partial charge in [0, 0.05) is 6.61 Å². The second-order valence-corrected chi connectivity index (χ2v) is 7.28. The van der Waals surface area contributed by atoms with E-state index in [1.165, 1.54) is 0 Å². The molecule has 0 aromatic carbocycles. The van der Waals surface area contributed by atoms with Crippen molar-refractivity contribution in [2.24, 2.45) is 0 Å². The predicted molar refractivity (Wildman–Crippen MR) is 77.6 cm³/mol. The Hall–Kier alpha value is 0.0300. The Labute approximate surface area is 122 Å². The lowest BCUT2D eigenvalue weighted by Gasteiger charge is -2.29. The van der Waals surface area contributed by atoms with Gasteiger partial charge in [0.25, 0.3) is 0 Å². The minimum atomic E-state index is -4.39. The van der Waals surface area contributed by atoms with Crippen LogP contribution in [-0.2, 0) is 18.6 Å². The second-order valence-electron chi connectivity index (χ2n) is 6.04. The van der Waals surface area contributed by atoms with E-state index in [-0.39, 0.29) is 12.2 Å². The standard InChI is InChI=1S/C13H29O6P/c1-6-9-17-12(2,3)7-10-18-13(4,5)8-11-19-20(14,15)16/h6-11H2,1-5H3,(H2,14,15,16). The predicted octanol–water partition coefficient (Wildman–Crippen LogP) is 2.88. The van der Waals surface area contributed by atoms with Crippen molar-refractivity contribution in [1.29, 1.82) is 0 Å². The molecule has 2 N–H and O–H groups in total. The molecule has 7 heteroatoms. The molecule has 0 spiro atoms. The number of ether oxygens (including phenoxy) is 2. The molecule has 0 amide bonds. The number of phosphoric acid groups is 1. The van der Waals surface area contributed by atoms with Crippen LogP contribution in [0.1, 0.15) is 53.9 Å². The number of rotatable bonds is 11. The Kier molecular flexibility index (Phi) is 8.48. The van der Waals surface area contributed by atoms with E-state index in [0.717, 1.165) is 19.4 Å². The van der Waals surface area contributed by atoms with Crippen molar-refractivity contribution in [3.05, 3.63) is 0 Å². The van der Waals surface area contributed by atoms with Crippen LogP contribution in [-0.4, -0.2) is 40.8 Å². The van der Waals surface area contributed by atoms with E-state index < -0.39 is 13.4 Å². The molecule has 0 aliphatic heterocycles. The fraction of sp³-hybridized carbons (Fsp3) is 1.00.